The molecule has 0 saturated heterocycles. The van der Waals surface area contributed by atoms with Gasteiger partial charge in [0, 0.05) is 17.3 Å². The lowest BCUT2D eigenvalue weighted by atomic mass is 10.2. The molecule has 0 atom stereocenters. The van der Waals surface area contributed by atoms with E-state index in [0.29, 0.717) is 11.6 Å². The predicted molar refractivity (Wildman–Crippen MR) is 63.9 cm³/mol. The number of anilines is 1. The summed E-state index contributed by atoms with van der Waals surface area (Å²) in [7, 11) is 0. The van der Waals surface area contributed by atoms with E-state index in [9.17, 15) is 0 Å². The summed E-state index contributed by atoms with van der Waals surface area (Å²) in [5.41, 5.74) is 8.89. The Morgan fingerprint density at radius 1 is 1.00 bits per heavy atom. The third kappa shape index (κ3) is 1.42. The van der Waals surface area contributed by atoms with Crippen LogP contribution in [-0.4, -0.2) is 4.98 Å². The third-order valence-corrected chi connectivity index (χ3v) is 2.43. The summed E-state index contributed by atoms with van der Waals surface area (Å²) < 4.78 is 5.64. The summed E-state index contributed by atoms with van der Waals surface area (Å²) in [6.07, 6.45) is 0. The topological polar surface area (TPSA) is 52.0 Å². The number of hydrogen-bond acceptors (Lipinski definition) is 3. The smallest absolute Gasteiger partial charge is 0.227 e. The van der Waals surface area contributed by atoms with Crippen molar-refractivity contribution in [1.29, 1.82) is 0 Å². The van der Waals surface area contributed by atoms with Crippen molar-refractivity contribution in [2.24, 2.45) is 0 Å². The number of nitrogen functional groups attached to an aromatic ring is 1. The second-order valence-electron chi connectivity index (χ2n) is 3.61. The quantitative estimate of drug-likeness (QED) is 0.628. The molecule has 1 aromatic heterocycles. The lowest BCUT2D eigenvalue weighted by Crippen LogP contribution is -1.81. The number of rotatable bonds is 1. The van der Waals surface area contributed by atoms with Crippen LogP contribution in [0.1, 0.15) is 0 Å². The maximum atomic E-state index is 5.68. The van der Waals surface area contributed by atoms with Crippen LogP contribution in [0.4, 0.5) is 5.69 Å². The molecule has 2 N–H and O–H groups in total. The first-order valence-electron chi connectivity index (χ1n) is 5.04. The molecule has 0 bridgehead atoms. The number of fused-ring (bicyclic) bond motifs is 1. The average Bonchev–Trinajstić information content (AvgIpc) is 2.73. The van der Waals surface area contributed by atoms with Gasteiger partial charge < -0.3 is 10.2 Å². The molecule has 0 radical (unpaired) electrons. The van der Waals surface area contributed by atoms with Gasteiger partial charge in [-0.3, -0.25) is 0 Å². The lowest BCUT2D eigenvalue weighted by molar-refractivity contribution is 0.620. The lowest BCUT2D eigenvalue weighted by Gasteiger charge is -1.91. The molecule has 2 aromatic carbocycles. The van der Waals surface area contributed by atoms with Crippen LogP contribution in [-0.2, 0) is 0 Å². The van der Waals surface area contributed by atoms with Crippen molar-refractivity contribution in [2.75, 3.05) is 5.73 Å². The molecule has 0 saturated carbocycles. The molecular weight excluding hydrogens is 200 g/mol. The van der Waals surface area contributed by atoms with Crippen LogP contribution in [0, 0.1) is 0 Å². The Hall–Kier alpha value is -2.29. The number of aromatic nitrogens is 1. The van der Waals surface area contributed by atoms with Crippen LogP contribution in [0.15, 0.2) is 52.9 Å². The summed E-state index contributed by atoms with van der Waals surface area (Å²) in [5.74, 6) is 0.626. The molecule has 16 heavy (non-hydrogen) atoms. The van der Waals surface area contributed by atoms with Crippen molar-refractivity contribution in [1.82, 2.24) is 4.98 Å². The van der Waals surface area contributed by atoms with E-state index in [1.54, 1.807) is 6.07 Å². The van der Waals surface area contributed by atoms with Crippen molar-refractivity contribution in [3.05, 3.63) is 48.5 Å². The second-order valence-corrected chi connectivity index (χ2v) is 3.61. The molecular formula is C13H10N2O. The zero-order chi connectivity index (χ0) is 11.0. The molecule has 0 amide bonds. The molecule has 0 spiro atoms. The zero-order valence-corrected chi connectivity index (χ0v) is 8.55. The number of oxazole rings is 1. The van der Waals surface area contributed by atoms with Gasteiger partial charge in [-0.25, -0.2) is 4.98 Å². The first-order chi connectivity index (χ1) is 7.83. The van der Waals surface area contributed by atoms with Gasteiger partial charge in [0.05, 0.1) is 0 Å². The average molecular weight is 210 g/mol. The van der Waals surface area contributed by atoms with Crippen molar-refractivity contribution in [3.63, 3.8) is 0 Å². The van der Waals surface area contributed by atoms with Gasteiger partial charge in [0.1, 0.15) is 5.52 Å². The maximum absolute atomic E-state index is 5.68. The van der Waals surface area contributed by atoms with Crippen molar-refractivity contribution in [2.45, 2.75) is 0 Å². The van der Waals surface area contributed by atoms with Gasteiger partial charge in [-0.2, -0.15) is 0 Å². The van der Waals surface area contributed by atoms with Gasteiger partial charge in [0.15, 0.2) is 5.58 Å². The maximum Gasteiger partial charge on any atom is 0.227 e. The van der Waals surface area contributed by atoms with Crippen molar-refractivity contribution in [3.8, 4) is 11.5 Å². The van der Waals surface area contributed by atoms with E-state index in [-0.39, 0.29) is 0 Å². The first-order valence-corrected chi connectivity index (χ1v) is 5.04. The van der Waals surface area contributed by atoms with Crippen LogP contribution in [0.2, 0.25) is 0 Å². The first kappa shape index (κ1) is 8.97. The Kier molecular flexibility index (Phi) is 1.90. The molecule has 0 fully saturated rings. The predicted octanol–water partition coefficient (Wildman–Crippen LogP) is 3.08. The summed E-state index contributed by atoms with van der Waals surface area (Å²) in [6, 6.07) is 15.3. The van der Waals surface area contributed by atoms with Crippen LogP contribution < -0.4 is 5.73 Å². The van der Waals surface area contributed by atoms with E-state index in [0.717, 1.165) is 16.7 Å². The Bertz CT molecular complexity index is 629. The van der Waals surface area contributed by atoms with Gasteiger partial charge in [0.25, 0.3) is 0 Å². The van der Waals surface area contributed by atoms with E-state index in [2.05, 4.69) is 4.98 Å². The normalized spacial score (nSPS) is 10.8. The fourth-order valence-corrected chi connectivity index (χ4v) is 1.65. The Morgan fingerprint density at radius 2 is 1.81 bits per heavy atom. The molecule has 0 aliphatic heterocycles. The second kappa shape index (κ2) is 3.38. The fourth-order valence-electron chi connectivity index (χ4n) is 1.65. The van der Waals surface area contributed by atoms with Gasteiger partial charge in [0.2, 0.25) is 5.89 Å². The molecule has 0 aliphatic rings. The highest BCUT2D eigenvalue weighted by atomic mass is 16.3. The van der Waals surface area contributed by atoms with E-state index >= 15 is 0 Å². The van der Waals surface area contributed by atoms with Crippen LogP contribution in [0.3, 0.4) is 0 Å². The number of benzene rings is 2. The molecule has 0 unspecified atom stereocenters. The zero-order valence-electron chi connectivity index (χ0n) is 8.55. The Balaban J connectivity index is 2.19. The molecule has 3 heteroatoms. The molecule has 78 valence electrons. The third-order valence-electron chi connectivity index (χ3n) is 2.43. The highest BCUT2D eigenvalue weighted by molar-refractivity contribution is 5.79. The fraction of sp³-hybridized carbons (Fsp3) is 0. The van der Waals surface area contributed by atoms with Crippen LogP contribution in [0.5, 0.6) is 0 Å². The van der Waals surface area contributed by atoms with E-state index in [1.165, 1.54) is 0 Å². The Morgan fingerprint density at radius 3 is 2.62 bits per heavy atom. The van der Waals surface area contributed by atoms with Gasteiger partial charge >= 0.3 is 0 Å². The van der Waals surface area contributed by atoms with E-state index < -0.39 is 0 Å². The number of hydrogen-bond donors (Lipinski definition) is 1. The van der Waals surface area contributed by atoms with Gasteiger partial charge in [-0.15, -0.1) is 0 Å². The van der Waals surface area contributed by atoms with E-state index in [4.69, 9.17) is 10.2 Å². The van der Waals surface area contributed by atoms with E-state index in [1.807, 2.05) is 42.5 Å². The summed E-state index contributed by atoms with van der Waals surface area (Å²) >= 11 is 0. The minimum atomic E-state index is 0.626. The molecule has 3 nitrogen and oxygen atoms in total. The monoisotopic (exact) mass is 210 g/mol. The molecule has 0 aliphatic carbocycles. The summed E-state index contributed by atoms with van der Waals surface area (Å²) in [4.78, 5) is 4.40. The summed E-state index contributed by atoms with van der Waals surface area (Å²) in [5, 5.41) is 0. The minimum Gasteiger partial charge on any atom is -0.436 e. The van der Waals surface area contributed by atoms with Gasteiger partial charge in [-0.05, 0) is 24.3 Å². The molecule has 3 aromatic rings. The van der Waals surface area contributed by atoms with Crippen molar-refractivity contribution >= 4 is 16.8 Å². The highest BCUT2D eigenvalue weighted by Crippen LogP contribution is 2.25. The molecule has 1 heterocycles. The SMILES string of the molecule is Nc1ccc2nc(-c3ccccc3)oc2c1. The molecule has 3 rings (SSSR count). The number of nitrogens with zero attached hydrogens (tertiary/aromatic N) is 1. The highest BCUT2D eigenvalue weighted by Gasteiger charge is 2.07. The largest absolute Gasteiger partial charge is 0.436 e. The number of nitrogens with two attached hydrogens (primary N) is 1. The minimum absolute atomic E-state index is 0.626. The standard InChI is InChI=1S/C13H10N2O/c14-10-6-7-11-12(8-10)16-13(15-11)9-4-2-1-3-5-9/h1-8H,14H2. The van der Waals surface area contributed by atoms with Crippen LogP contribution >= 0.6 is 0 Å². The Labute approximate surface area is 92.5 Å². The van der Waals surface area contributed by atoms with Crippen molar-refractivity contribution < 1.29 is 4.42 Å². The van der Waals surface area contributed by atoms with Crippen LogP contribution in [0.25, 0.3) is 22.6 Å². The van der Waals surface area contributed by atoms with Gasteiger partial charge in [-0.1, -0.05) is 18.2 Å². The summed E-state index contributed by atoms with van der Waals surface area (Å²) in [6.45, 7) is 0.